The molecular weight excluding hydrogens is 591 g/mol. The predicted octanol–water partition coefficient (Wildman–Crippen LogP) is 1.60. The Morgan fingerprint density at radius 2 is 1.98 bits per heavy atom. The number of esters is 1. The average molecular weight is 616 g/mol. The number of aliphatic hydroxyl groups excluding tert-OH is 1. The van der Waals surface area contributed by atoms with Crippen LogP contribution < -0.4 is 5.73 Å². The van der Waals surface area contributed by atoms with E-state index in [1.165, 1.54) is 6.92 Å². The Bertz CT molecular complexity index is 1510. The highest BCUT2D eigenvalue weighted by molar-refractivity contribution is 6.28. The Kier molecular flexibility index (Phi) is 9.65. The van der Waals surface area contributed by atoms with Gasteiger partial charge in [-0.15, -0.1) is 6.42 Å². The molecule has 0 aliphatic heterocycles. The summed E-state index contributed by atoms with van der Waals surface area (Å²) in [6, 6.07) is 3.60. The highest BCUT2D eigenvalue weighted by atomic mass is 35.5. The van der Waals surface area contributed by atoms with Gasteiger partial charge in [0.1, 0.15) is 11.6 Å². The molecule has 3 aromatic rings. The van der Waals surface area contributed by atoms with Gasteiger partial charge in [-0.1, -0.05) is 24.1 Å². The van der Waals surface area contributed by atoms with Crippen molar-refractivity contribution in [1.82, 2.24) is 19.5 Å². The number of terminal acetylenes is 1. The number of nitrogens with two attached hydrogens (primary N) is 1. The Balaban J connectivity index is 2.01. The number of carboxylic acids is 1. The van der Waals surface area contributed by atoms with Crippen LogP contribution in [0, 0.1) is 12.3 Å². The van der Waals surface area contributed by atoms with E-state index in [9.17, 15) is 38.1 Å². The number of fused-ring (bicyclic) bond motifs is 1. The molecule has 0 fully saturated rings. The summed E-state index contributed by atoms with van der Waals surface area (Å²) in [5.41, 5.74) is -1.35. The molecule has 3 rings (SSSR count). The summed E-state index contributed by atoms with van der Waals surface area (Å²) in [5, 5.41) is 32.3. The first-order valence-electron chi connectivity index (χ1n) is 11.9. The van der Waals surface area contributed by atoms with Crippen LogP contribution in [0.3, 0.4) is 0 Å². The molecule has 0 saturated heterocycles. The number of nitrogens with zero attached hydrogens (tertiary/aromatic N) is 4. The number of halogens is 4. The number of carbonyl (C=O) groups excluding carboxylic acids is 1. The van der Waals surface area contributed by atoms with Gasteiger partial charge in [0.2, 0.25) is 5.28 Å². The highest BCUT2D eigenvalue weighted by Gasteiger charge is 2.52. The SMILES string of the molecule is C#C[C@@](O)([C@@H](COC(Cc1cccc(C(F)(F)F)c1)(C(=O)O)C(=O)OCC)OC)[C@@H](O)n1cnc2c(N)nc(Cl)nc21. The lowest BCUT2D eigenvalue weighted by Crippen LogP contribution is -2.57. The molecule has 2 aromatic heterocycles. The number of hydrogen-bond donors (Lipinski definition) is 4. The quantitative estimate of drug-likeness (QED) is 0.0997. The third-order valence-electron chi connectivity index (χ3n) is 6.22. The summed E-state index contributed by atoms with van der Waals surface area (Å²) in [6.07, 6.45) is -2.97. The van der Waals surface area contributed by atoms with E-state index >= 15 is 0 Å². The number of imidazole rings is 1. The third-order valence-corrected chi connectivity index (χ3v) is 6.39. The number of carboxylic acid groups (broad SMARTS) is 1. The van der Waals surface area contributed by atoms with E-state index in [1.54, 1.807) is 0 Å². The van der Waals surface area contributed by atoms with Gasteiger partial charge in [0.05, 0.1) is 25.1 Å². The number of aliphatic hydroxyl groups is 2. The van der Waals surface area contributed by atoms with Gasteiger partial charge in [-0.25, -0.2) is 14.6 Å². The fraction of sp³-hybridized carbons (Fsp3) is 0.400. The van der Waals surface area contributed by atoms with E-state index in [-0.39, 0.29) is 34.4 Å². The van der Waals surface area contributed by atoms with Crippen LogP contribution in [-0.4, -0.2) is 84.4 Å². The van der Waals surface area contributed by atoms with Gasteiger partial charge in [-0.3, -0.25) is 4.57 Å². The lowest BCUT2D eigenvalue weighted by atomic mass is 9.92. The Morgan fingerprint density at radius 3 is 2.55 bits per heavy atom. The fourth-order valence-electron chi connectivity index (χ4n) is 4.03. The standard InChI is InChI=1S/C25H25ClF3N5O8/c1-4-23(39,19(35)34-12-31-16-17(30)32-22(26)33-18(16)34)15(40-3)11-42-24(20(36)37,21(38)41-5-2)10-13-7-6-8-14(9-13)25(27,28)29/h1,6-9,12,15,19,35,39H,5,10-11H2,2-3H3,(H,36,37)(H2,30,32,33)/t15-,19-,23-,24?/m1/s1. The maximum Gasteiger partial charge on any atom is 0.416 e. The second kappa shape index (κ2) is 12.5. The van der Waals surface area contributed by atoms with Crippen LogP contribution in [0.25, 0.3) is 11.2 Å². The Labute approximate surface area is 241 Å². The normalized spacial score (nSPS) is 16.2. The first-order valence-corrected chi connectivity index (χ1v) is 12.3. The Morgan fingerprint density at radius 1 is 1.29 bits per heavy atom. The summed E-state index contributed by atoms with van der Waals surface area (Å²) in [5.74, 6) is -1.55. The van der Waals surface area contributed by atoms with Crippen molar-refractivity contribution < 1.29 is 52.3 Å². The van der Waals surface area contributed by atoms with Gasteiger partial charge in [0, 0.05) is 13.5 Å². The number of aliphatic carboxylic acids is 1. The van der Waals surface area contributed by atoms with Gasteiger partial charge in [-0.05, 0) is 30.2 Å². The summed E-state index contributed by atoms with van der Waals surface area (Å²) >= 11 is 5.85. The maximum atomic E-state index is 13.3. The van der Waals surface area contributed by atoms with Crippen molar-refractivity contribution in [3.63, 3.8) is 0 Å². The van der Waals surface area contributed by atoms with E-state index in [0.717, 1.165) is 36.2 Å². The molecule has 2 heterocycles. The van der Waals surface area contributed by atoms with Crippen molar-refractivity contribution in [3.05, 3.63) is 47.0 Å². The first-order chi connectivity index (χ1) is 19.6. The minimum atomic E-state index is -4.76. The molecule has 0 aliphatic carbocycles. The lowest BCUT2D eigenvalue weighted by Gasteiger charge is -2.37. The monoisotopic (exact) mass is 615 g/mol. The van der Waals surface area contributed by atoms with Crippen molar-refractivity contribution in [2.75, 3.05) is 26.1 Å². The number of carbonyl (C=O) groups is 2. The van der Waals surface area contributed by atoms with E-state index in [2.05, 4.69) is 15.0 Å². The number of benzene rings is 1. The molecule has 1 unspecified atom stereocenters. The third kappa shape index (κ3) is 6.25. The molecule has 0 radical (unpaired) electrons. The van der Waals surface area contributed by atoms with E-state index < -0.39 is 60.2 Å². The lowest BCUT2D eigenvalue weighted by molar-refractivity contribution is -0.205. The van der Waals surface area contributed by atoms with Crippen LogP contribution in [0.2, 0.25) is 5.28 Å². The van der Waals surface area contributed by atoms with Crippen LogP contribution in [-0.2, 0) is 36.4 Å². The number of hydrogen-bond acceptors (Lipinski definition) is 11. The van der Waals surface area contributed by atoms with Gasteiger partial charge >= 0.3 is 18.1 Å². The van der Waals surface area contributed by atoms with E-state index in [4.69, 9.17) is 38.0 Å². The molecule has 0 bridgehead atoms. The van der Waals surface area contributed by atoms with E-state index in [1.807, 2.05) is 5.92 Å². The summed E-state index contributed by atoms with van der Waals surface area (Å²) in [4.78, 5) is 37.0. The predicted molar refractivity (Wildman–Crippen MR) is 139 cm³/mol. The second-order valence-corrected chi connectivity index (χ2v) is 9.15. The number of aromatic nitrogens is 4. The van der Waals surface area contributed by atoms with Gasteiger partial charge in [-0.2, -0.15) is 23.1 Å². The first kappa shape index (κ1) is 32.5. The molecule has 0 spiro atoms. The van der Waals surface area contributed by atoms with Crippen molar-refractivity contribution in [2.45, 2.75) is 43.1 Å². The van der Waals surface area contributed by atoms with Crippen molar-refractivity contribution in [1.29, 1.82) is 0 Å². The van der Waals surface area contributed by atoms with Crippen LogP contribution in [0.15, 0.2) is 30.6 Å². The number of nitrogen functional groups attached to an aromatic ring is 1. The van der Waals surface area contributed by atoms with Gasteiger partial charge in [0.15, 0.2) is 23.3 Å². The average Bonchev–Trinajstić information content (AvgIpc) is 3.35. The minimum Gasteiger partial charge on any atom is -0.479 e. The maximum absolute atomic E-state index is 13.3. The number of ether oxygens (including phenoxy) is 3. The fourth-order valence-corrected chi connectivity index (χ4v) is 4.20. The number of rotatable bonds is 12. The zero-order chi connectivity index (χ0) is 31.5. The second-order valence-electron chi connectivity index (χ2n) is 8.81. The molecule has 0 aliphatic rings. The molecule has 13 nitrogen and oxygen atoms in total. The zero-order valence-corrected chi connectivity index (χ0v) is 22.8. The molecule has 17 heteroatoms. The van der Waals surface area contributed by atoms with Crippen LogP contribution in [0.4, 0.5) is 19.0 Å². The van der Waals surface area contributed by atoms with Crippen molar-refractivity contribution in [2.24, 2.45) is 0 Å². The highest BCUT2D eigenvalue weighted by Crippen LogP contribution is 2.33. The molecule has 0 amide bonds. The molecular formula is C25H25ClF3N5O8. The van der Waals surface area contributed by atoms with Crippen LogP contribution in [0.1, 0.15) is 24.3 Å². The zero-order valence-electron chi connectivity index (χ0n) is 22.0. The number of anilines is 1. The van der Waals surface area contributed by atoms with Crippen LogP contribution in [0.5, 0.6) is 0 Å². The van der Waals surface area contributed by atoms with Crippen molar-refractivity contribution in [3.8, 4) is 12.3 Å². The molecule has 5 N–H and O–H groups in total. The van der Waals surface area contributed by atoms with Crippen LogP contribution >= 0.6 is 11.6 Å². The number of methoxy groups -OCH3 is 1. The minimum absolute atomic E-state index is 0.00340. The molecule has 1 aromatic carbocycles. The summed E-state index contributed by atoms with van der Waals surface area (Å²) in [6.45, 7) is 0.0861. The number of alkyl halides is 3. The molecule has 4 atom stereocenters. The topological polar surface area (TPSA) is 192 Å². The molecule has 42 heavy (non-hydrogen) atoms. The summed E-state index contributed by atoms with van der Waals surface area (Å²) < 4.78 is 56.4. The van der Waals surface area contributed by atoms with Crippen molar-refractivity contribution >= 4 is 40.5 Å². The summed E-state index contributed by atoms with van der Waals surface area (Å²) in [7, 11) is 1.03. The molecule has 226 valence electrons. The smallest absolute Gasteiger partial charge is 0.416 e. The van der Waals surface area contributed by atoms with Gasteiger partial charge in [0.25, 0.3) is 5.60 Å². The largest absolute Gasteiger partial charge is 0.479 e. The Hall–Kier alpha value is -4.01. The molecule has 0 saturated carbocycles. The van der Waals surface area contributed by atoms with Gasteiger partial charge < -0.3 is 35.3 Å². The van der Waals surface area contributed by atoms with E-state index in [0.29, 0.717) is 6.07 Å².